The number of hydrogen-bond donors (Lipinski definition) is 0. The highest BCUT2D eigenvalue weighted by molar-refractivity contribution is 5.95. The molecule has 0 unspecified atom stereocenters. The van der Waals surface area contributed by atoms with Crippen LogP contribution < -0.4 is 9.64 Å². The van der Waals surface area contributed by atoms with Gasteiger partial charge in [0.1, 0.15) is 5.75 Å². The molecule has 2 rings (SSSR count). The van der Waals surface area contributed by atoms with Gasteiger partial charge in [-0.05, 0) is 26.0 Å². The van der Waals surface area contributed by atoms with Crippen LogP contribution in [0.25, 0.3) is 0 Å². The predicted octanol–water partition coefficient (Wildman–Crippen LogP) is 2.25. The summed E-state index contributed by atoms with van der Waals surface area (Å²) < 4.78 is 5.33. The second kappa shape index (κ2) is 3.81. The Labute approximate surface area is 96.0 Å². The molecule has 1 fully saturated rings. The molecule has 0 aromatic heterocycles. The number of anilines is 1. The standard InChI is InChI=1S/C13H17NO2/c1-13(2)12(15)8-9-14(13)10-6-4-5-7-11(10)16-3/h4-7H,8-9H2,1-3H3. The van der Waals surface area contributed by atoms with Gasteiger partial charge in [-0.25, -0.2) is 0 Å². The molecule has 86 valence electrons. The van der Waals surface area contributed by atoms with E-state index in [0.717, 1.165) is 18.0 Å². The van der Waals surface area contributed by atoms with Crippen LogP contribution in [0.5, 0.6) is 5.75 Å². The molecule has 1 aliphatic heterocycles. The van der Waals surface area contributed by atoms with Crippen LogP contribution in [0.3, 0.4) is 0 Å². The van der Waals surface area contributed by atoms with Gasteiger partial charge in [-0.3, -0.25) is 4.79 Å². The molecule has 0 radical (unpaired) electrons. The first-order valence-corrected chi connectivity index (χ1v) is 5.51. The van der Waals surface area contributed by atoms with Gasteiger partial charge in [0.05, 0.1) is 18.3 Å². The number of rotatable bonds is 2. The molecule has 0 spiro atoms. The fraction of sp³-hybridized carbons (Fsp3) is 0.462. The van der Waals surface area contributed by atoms with Crippen molar-refractivity contribution in [3.8, 4) is 5.75 Å². The summed E-state index contributed by atoms with van der Waals surface area (Å²) in [5.41, 5.74) is 0.579. The Hall–Kier alpha value is -1.51. The van der Waals surface area contributed by atoms with Gasteiger partial charge in [-0.1, -0.05) is 12.1 Å². The van der Waals surface area contributed by atoms with Crippen LogP contribution in [0.2, 0.25) is 0 Å². The lowest BCUT2D eigenvalue weighted by molar-refractivity contribution is -0.120. The number of carbonyl (C=O) groups excluding carboxylic acids is 1. The molecule has 16 heavy (non-hydrogen) atoms. The van der Waals surface area contributed by atoms with Crippen molar-refractivity contribution in [3.05, 3.63) is 24.3 Å². The minimum Gasteiger partial charge on any atom is -0.495 e. The van der Waals surface area contributed by atoms with Crippen molar-refractivity contribution in [2.45, 2.75) is 25.8 Å². The molecule has 0 N–H and O–H groups in total. The maximum absolute atomic E-state index is 11.8. The molecule has 1 aromatic rings. The van der Waals surface area contributed by atoms with Gasteiger partial charge < -0.3 is 9.64 Å². The predicted molar refractivity (Wildman–Crippen MR) is 64.0 cm³/mol. The third kappa shape index (κ3) is 1.56. The number of hydrogen-bond acceptors (Lipinski definition) is 3. The van der Waals surface area contributed by atoms with E-state index in [2.05, 4.69) is 4.90 Å². The summed E-state index contributed by atoms with van der Waals surface area (Å²) in [6, 6.07) is 7.83. The number of methoxy groups -OCH3 is 1. The third-order valence-electron chi connectivity index (χ3n) is 3.30. The lowest BCUT2D eigenvalue weighted by atomic mass is 10.00. The van der Waals surface area contributed by atoms with Gasteiger partial charge in [0.15, 0.2) is 5.78 Å². The molecule has 0 aliphatic carbocycles. The van der Waals surface area contributed by atoms with Crippen LogP contribution in [0.15, 0.2) is 24.3 Å². The fourth-order valence-electron chi connectivity index (χ4n) is 2.22. The van der Waals surface area contributed by atoms with E-state index in [1.807, 2.05) is 38.1 Å². The van der Waals surface area contributed by atoms with Crippen LogP contribution in [0.1, 0.15) is 20.3 Å². The summed E-state index contributed by atoms with van der Waals surface area (Å²) in [5.74, 6) is 1.11. The van der Waals surface area contributed by atoms with E-state index >= 15 is 0 Å². The zero-order valence-electron chi connectivity index (χ0n) is 9.99. The highest BCUT2D eigenvalue weighted by Crippen LogP contribution is 2.36. The fourth-order valence-corrected chi connectivity index (χ4v) is 2.22. The van der Waals surface area contributed by atoms with Crippen molar-refractivity contribution in [2.24, 2.45) is 0 Å². The number of carbonyl (C=O) groups is 1. The Morgan fingerprint density at radius 3 is 2.56 bits per heavy atom. The van der Waals surface area contributed by atoms with Gasteiger partial charge in [0.25, 0.3) is 0 Å². The summed E-state index contributed by atoms with van der Waals surface area (Å²) in [6.45, 7) is 4.70. The van der Waals surface area contributed by atoms with Crippen molar-refractivity contribution < 1.29 is 9.53 Å². The summed E-state index contributed by atoms with van der Waals surface area (Å²) >= 11 is 0. The van der Waals surface area contributed by atoms with Gasteiger partial charge in [0, 0.05) is 13.0 Å². The Bertz CT molecular complexity index is 412. The molecule has 1 aliphatic rings. The van der Waals surface area contributed by atoms with Crippen molar-refractivity contribution in [1.29, 1.82) is 0 Å². The molecule has 0 atom stereocenters. The molecule has 3 nitrogen and oxygen atoms in total. The van der Waals surface area contributed by atoms with Gasteiger partial charge in [0.2, 0.25) is 0 Å². The van der Waals surface area contributed by atoms with Crippen molar-refractivity contribution >= 4 is 11.5 Å². The highest BCUT2D eigenvalue weighted by Gasteiger charge is 2.40. The third-order valence-corrected chi connectivity index (χ3v) is 3.30. The van der Waals surface area contributed by atoms with E-state index in [1.165, 1.54) is 0 Å². The number of ether oxygens (including phenoxy) is 1. The average molecular weight is 219 g/mol. The summed E-state index contributed by atoms with van der Waals surface area (Å²) in [7, 11) is 1.66. The number of benzene rings is 1. The van der Waals surface area contributed by atoms with Crippen LogP contribution in [-0.2, 0) is 4.79 Å². The van der Waals surface area contributed by atoms with E-state index in [4.69, 9.17) is 4.74 Å². The van der Waals surface area contributed by atoms with Gasteiger partial charge in [-0.2, -0.15) is 0 Å². The minimum absolute atomic E-state index is 0.290. The molecular formula is C13H17NO2. The molecule has 1 heterocycles. The Morgan fingerprint density at radius 2 is 2.00 bits per heavy atom. The molecule has 0 amide bonds. The molecule has 1 saturated heterocycles. The van der Waals surface area contributed by atoms with Crippen LogP contribution in [0.4, 0.5) is 5.69 Å². The van der Waals surface area contributed by atoms with E-state index < -0.39 is 5.54 Å². The Morgan fingerprint density at radius 1 is 1.31 bits per heavy atom. The van der Waals surface area contributed by atoms with Gasteiger partial charge in [-0.15, -0.1) is 0 Å². The summed E-state index contributed by atoms with van der Waals surface area (Å²) in [6.07, 6.45) is 0.616. The zero-order chi connectivity index (χ0) is 11.8. The summed E-state index contributed by atoms with van der Waals surface area (Å²) in [5, 5.41) is 0. The number of para-hydroxylation sites is 2. The van der Waals surface area contributed by atoms with Crippen LogP contribution >= 0.6 is 0 Å². The van der Waals surface area contributed by atoms with Crippen LogP contribution in [-0.4, -0.2) is 25.0 Å². The van der Waals surface area contributed by atoms with Crippen molar-refractivity contribution in [2.75, 3.05) is 18.6 Å². The molecule has 0 saturated carbocycles. The second-order valence-electron chi connectivity index (χ2n) is 4.56. The molecule has 1 aromatic carbocycles. The van der Waals surface area contributed by atoms with Crippen molar-refractivity contribution in [3.63, 3.8) is 0 Å². The van der Waals surface area contributed by atoms with E-state index in [-0.39, 0.29) is 0 Å². The lowest BCUT2D eigenvalue weighted by Crippen LogP contribution is -2.43. The first kappa shape index (κ1) is 11.0. The number of Topliss-reactive ketones (excluding diaryl/α,β-unsaturated/α-hetero) is 1. The van der Waals surface area contributed by atoms with Crippen molar-refractivity contribution in [1.82, 2.24) is 0 Å². The highest BCUT2D eigenvalue weighted by atomic mass is 16.5. The lowest BCUT2D eigenvalue weighted by Gasteiger charge is -2.33. The first-order chi connectivity index (χ1) is 7.57. The van der Waals surface area contributed by atoms with Crippen LogP contribution in [0, 0.1) is 0 Å². The first-order valence-electron chi connectivity index (χ1n) is 5.51. The van der Waals surface area contributed by atoms with E-state index in [9.17, 15) is 4.79 Å². The Kier molecular flexibility index (Phi) is 2.62. The number of ketones is 1. The largest absolute Gasteiger partial charge is 0.495 e. The molecular weight excluding hydrogens is 202 g/mol. The average Bonchev–Trinajstić information content (AvgIpc) is 2.54. The van der Waals surface area contributed by atoms with E-state index in [0.29, 0.717) is 12.2 Å². The molecule has 0 bridgehead atoms. The maximum atomic E-state index is 11.8. The second-order valence-corrected chi connectivity index (χ2v) is 4.56. The number of nitrogens with zero attached hydrogens (tertiary/aromatic N) is 1. The zero-order valence-corrected chi connectivity index (χ0v) is 9.99. The minimum atomic E-state index is -0.422. The topological polar surface area (TPSA) is 29.5 Å². The monoisotopic (exact) mass is 219 g/mol. The maximum Gasteiger partial charge on any atom is 0.159 e. The van der Waals surface area contributed by atoms with E-state index in [1.54, 1.807) is 7.11 Å². The normalized spacial score (nSPS) is 18.9. The molecule has 3 heteroatoms. The quantitative estimate of drug-likeness (QED) is 0.764. The summed E-state index contributed by atoms with van der Waals surface area (Å²) in [4.78, 5) is 13.9. The Balaban J connectivity index is 2.42. The SMILES string of the molecule is COc1ccccc1N1CCC(=O)C1(C)C. The smallest absolute Gasteiger partial charge is 0.159 e. The van der Waals surface area contributed by atoms with Gasteiger partial charge >= 0.3 is 0 Å².